The molecule has 2 aromatic rings. The number of aromatic hydroxyl groups is 1. The Bertz CT molecular complexity index is 437. The van der Waals surface area contributed by atoms with Crippen molar-refractivity contribution in [3.8, 4) is 5.75 Å². The van der Waals surface area contributed by atoms with E-state index in [0.29, 0.717) is 5.52 Å². The fraction of sp³-hybridized carbons (Fsp3) is 0.143. The molecule has 0 aliphatic carbocycles. The molecule has 1 aromatic heterocycles. The van der Waals surface area contributed by atoms with E-state index in [1.165, 1.54) is 3.09 Å². The zero-order chi connectivity index (χ0) is 8.72. The van der Waals surface area contributed by atoms with Gasteiger partial charge in [0.05, 0.1) is 0 Å². The van der Waals surface area contributed by atoms with Crippen molar-refractivity contribution in [2.45, 2.75) is 6.92 Å². The SMILES string of the molecule is Cc1ccc2c(nn[n]2[Ag])c1O. The van der Waals surface area contributed by atoms with Crippen LogP contribution in [0.1, 0.15) is 5.56 Å². The quantitative estimate of drug-likeness (QED) is 0.708. The van der Waals surface area contributed by atoms with Gasteiger partial charge in [0, 0.05) is 0 Å². The van der Waals surface area contributed by atoms with Crippen LogP contribution in [-0.2, 0) is 21.3 Å². The van der Waals surface area contributed by atoms with Gasteiger partial charge in [-0.2, -0.15) is 0 Å². The molecule has 0 spiro atoms. The van der Waals surface area contributed by atoms with Gasteiger partial charge in [0.2, 0.25) is 0 Å². The molecule has 12 heavy (non-hydrogen) atoms. The monoisotopic (exact) mass is 255 g/mol. The van der Waals surface area contributed by atoms with Crippen LogP contribution in [0, 0.1) is 6.92 Å². The third-order valence-corrected chi connectivity index (χ3v) is 2.22. The Labute approximate surface area is 81.4 Å². The predicted molar refractivity (Wildman–Crippen MR) is 39.3 cm³/mol. The Balaban J connectivity index is 2.93. The molecule has 0 atom stereocenters. The third kappa shape index (κ3) is 0.964. The van der Waals surface area contributed by atoms with E-state index in [2.05, 4.69) is 31.6 Å². The maximum atomic E-state index is 9.53. The van der Waals surface area contributed by atoms with Crippen LogP contribution >= 0.6 is 0 Å². The fourth-order valence-corrected chi connectivity index (χ4v) is 1.37. The van der Waals surface area contributed by atoms with Gasteiger partial charge in [0.15, 0.2) is 0 Å². The molecule has 5 heteroatoms. The molecule has 1 N–H and O–H groups in total. The van der Waals surface area contributed by atoms with Crippen molar-refractivity contribution in [3.63, 3.8) is 0 Å². The second-order valence-electron chi connectivity index (χ2n) is 2.52. The minimum absolute atomic E-state index is 0.192. The Hall–Kier alpha value is -0.840. The van der Waals surface area contributed by atoms with Crippen LogP contribution in [0.5, 0.6) is 5.75 Å². The number of fused-ring (bicyclic) bond motifs is 1. The normalized spacial score (nSPS) is 10.9. The second-order valence-corrected chi connectivity index (χ2v) is 3.14. The number of aryl methyl sites for hydroxylation is 1. The number of rotatable bonds is 0. The fourth-order valence-electron chi connectivity index (χ4n) is 1.03. The van der Waals surface area contributed by atoms with Gasteiger partial charge in [-0.3, -0.25) is 0 Å². The topological polar surface area (TPSA) is 50.9 Å². The number of phenols is 1. The van der Waals surface area contributed by atoms with Crippen molar-refractivity contribution in [1.82, 2.24) is 13.4 Å². The van der Waals surface area contributed by atoms with Crippen molar-refractivity contribution in [1.29, 1.82) is 0 Å². The standard InChI is InChI=1S/C7H6N3O.Ag/c1-4-2-3-5-6(7(4)11)9-10-8-5;/h2-3H,1H3,(H-,8,9,10,11);/q-1;+1. The molecule has 0 amide bonds. The summed E-state index contributed by atoms with van der Waals surface area (Å²) >= 11 is 3.18. The summed E-state index contributed by atoms with van der Waals surface area (Å²) in [5.41, 5.74) is 2.08. The van der Waals surface area contributed by atoms with E-state index in [9.17, 15) is 5.11 Å². The Morgan fingerprint density at radius 1 is 1.50 bits per heavy atom. The second kappa shape index (κ2) is 2.59. The van der Waals surface area contributed by atoms with Crippen LogP contribution in [0.4, 0.5) is 0 Å². The van der Waals surface area contributed by atoms with E-state index < -0.39 is 0 Å². The van der Waals surface area contributed by atoms with Crippen molar-refractivity contribution < 1.29 is 26.4 Å². The van der Waals surface area contributed by atoms with Gasteiger partial charge >= 0.3 is 81.2 Å². The zero-order valence-electron chi connectivity index (χ0n) is 6.25. The number of hydrogen-bond acceptors (Lipinski definition) is 3. The van der Waals surface area contributed by atoms with Gasteiger partial charge in [-0.1, -0.05) is 0 Å². The van der Waals surface area contributed by atoms with E-state index in [1.54, 1.807) is 0 Å². The van der Waals surface area contributed by atoms with Crippen LogP contribution in [0.2, 0.25) is 0 Å². The van der Waals surface area contributed by atoms with Gasteiger partial charge in [-0.05, 0) is 0 Å². The molecular formula is C7H6AgN3O. The molecule has 1 heterocycles. The van der Waals surface area contributed by atoms with Gasteiger partial charge < -0.3 is 0 Å². The van der Waals surface area contributed by atoms with E-state index >= 15 is 0 Å². The molecule has 0 saturated carbocycles. The zero-order valence-corrected chi connectivity index (χ0v) is 7.73. The van der Waals surface area contributed by atoms with Crippen LogP contribution in [0.3, 0.4) is 0 Å². The molecule has 66 valence electrons. The Morgan fingerprint density at radius 3 is 3.00 bits per heavy atom. The van der Waals surface area contributed by atoms with Gasteiger partial charge in [-0.15, -0.1) is 0 Å². The number of hydrogen-bond donors (Lipinski definition) is 1. The first-order valence-corrected chi connectivity index (χ1v) is 4.03. The molecule has 2 rings (SSSR count). The van der Waals surface area contributed by atoms with E-state index in [0.717, 1.165) is 11.1 Å². The summed E-state index contributed by atoms with van der Waals surface area (Å²) in [6.07, 6.45) is 0. The first kappa shape index (κ1) is 7.79. The first-order valence-electron chi connectivity index (χ1n) is 3.37. The molecule has 0 fully saturated rings. The molecule has 1 aromatic carbocycles. The average Bonchev–Trinajstić information content (AvgIpc) is 2.41. The molecule has 0 aliphatic rings. The van der Waals surface area contributed by atoms with Crippen LogP contribution < -0.4 is 0 Å². The molecule has 0 radical (unpaired) electrons. The summed E-state index contributed by atoms with van der Waals surface area (Å²) in [5.74, 6) is 0.192. The summed E-state index contributed by atoms with van der Waals surface area (Å²) in [7, 11) is 0. The summed E-state index contributed by atoms with van der Waals surface area (Å²) in [6.45, 7) is 1.82. The van der Waals surface area contributed by atoms with Crippen LogP contribution in [0.15, 0.2) is 12.1 Å². The van der Waals surface area contributed by atoms with E-state index in [-0.39, 0.29) is 5.75 Å². The van der Waals surface area contributed by atoms with Gasteiger partial charge in [0.1, 0.15) is 0 Å². The summed E-state index contributed by atoms with van der Waals surface area (Å²) in [6, 6.07) is 3.66. The van der Waals surface area contributed by atoms with Crippen molar-refractivity contribution >= 4 is 11.0 Å². The summed E-state index contributed by atoms with van der Waals surface area (Å²) < 4.78 is 1.44. The van der Waals surface area contributed by atoms with Crippen molar-refractivity contribution in [2.24, 2.45) is 0 Å². The number of phenolic OH excluding ortho intramolecular Hbond substituents is 1. The molecule has 0 saturated heterocycles. The molecular weight excluding hydrogens is 250 g/mol. The maximum absolute atomic E-state index is 9.53. The number of benzene rings is 1. The van der Waals surface area contributed by atoms with Crippen LogP contribution in [-0.4, -0.2) is 18.5 Å². The van der Waals surface area contributed by atoms with Gasteiger partial charge in [0.25, 0.3) is 0 Å². The average molecular weight is 256 g/mol. The number of aromatic nitrogens is 3. The molecule has 0 bridgehead atoms. The Morgan fingerprint density at radius 2 is 2.25 bits per heavy atom. The van der Waals surface area contributed by atoms with E-state index in [1.807, 2.05) is 19.1 Å². The predicted octanol–water partition coefficient (Wildman–Crippen LogP) is 0.755. The molecule has 0 unspecified atom stereocenters. The Kier molecular flexibility index (Phi) is 1.68. The van der Waals surface area contributed by atoms with Crippen molar-refractivity contribution in [3.05, 3.63) is 17.7 Å². The van der Waals surface area contributed by atoms with E-state index in [4.69, 9.17) is 0 Å². The summed E-state index contributed by atoms with van der Waals surface area (Å²) in [5, 5.41) is 17.0. The number of nitrogens with zero attached hydrogens (tertiary/aromatic N) is 3. The van der Waals surface area contributed by atoms with Gasteiger partial charge in [-0.25, -0.2) is 0 Å². The first-order chi connectivity index (χ1) is 5.70. The van der Waals surface area contributed by atoms with Crippen molar-refractivity contribution in [2.75, 3.05) is 0 Å². The molecule has 0 aliphatic heterocycles. The van der Waals surface area contributed by atoms with Crippen LogP contribution in [0.25, 0.3) is 11.0 Å². The minimum atomic E-state index is 0.192. The third-order valence-electron chi connectivity index (χ3n) is 1.73. The summed E-state index contributed by atoms with van der Waals surface area (Å²) in [4.78, 5) is 0. The molecule has 4 nitrogen and oxygen atoms in total.